The summed E-state index contributed by atoms with van der Waals surface area (Å²) in [6.07, 6.45) is 15.1. The van der Waals surface area contributed by atoms with Crippen LogP contribution >= 0.6 is 8.60 Å². The average Bonchev–Trinajstić information content (AvgIpc) is 2.84. The summed E-state index contributed by atoms with van der Waals surface area (Å²) in [6, 6.07) is 8.07. The number of carbonyl (C=O) groups excluding carboxylic acids is 1. The third-order valence-electron chi connectivity index (χ3n) is 5.91. The molecule has 208 valence electrons. The van der Waals surface area contributed by atoms with E-state index >= 15 is 0 Å². The van der Waals surface area contributed by atoms with Gasteiger partial charge in [0, 0.05) is 6.92 Å². The van der Waals surface area contributed by atoms with Gasteiger partial charge in [-0.05, 0) is 30.5 Å². The molecule has 1 aromatic carbocycles. The molecule has 1 aromatic rings. The molecule has 0 spiro atoms. The summed E-state index contributed by atoms with van der Waals surface area (Å²) in [5.41, 5.74) is 1.25. The van der Waals surface area contributed by atoms with Crippen molar-refractivity contribution in [1.29, 1.82) is 0 Å². The molecule has 0 heterocycles. The Kier molecular flexibility index (Phi) is 19.9. The lowest BCUT2D eigenvalue weighted by atomic mass is 10.0. The summed E-state index contributed by atoms with van der Waals surface area (Å²) in [5, 5.41) is 0. The molecule has 0 saturated carbocycles. The molecular weight excluding hydrogens is 477 g/mol. The maximum absolute atomic E-state index is 11.5. The Morgan fingerprint density at radius 3 is 2.19 bits per heavy atom. The molecule has 2 unspecified atom stereocenters. The van der Waals surface area contributed by atoms with Crippen LogP contribution in [0.2, 0.25) is 0 Å². The molecule has 0 radical (unpaired) electrons. The van der Waals surface area contributed by atoms with Gasteiger partial charge in [-0.1, -0.05) is 83.3 Å². The van der Waals surface area contributed by atoms with Crippen LogP contribution in [0, 0.1) is 0 Å². The van der Waals surface area contributed by atoms with Gasteiger partial charge in [-0.15, -0.1) is 0 Å². The van der Waals surface area contributed by atoms with Crippen LogP contribution in [-0.2, 0) is 25.0 Å². The second-order valence-corrected chi connectivity index (χ2v) is 10.8. The number of likely N-dealkylation sites (N-methyl/N-ethyl adjacent to an activating group) is 1. The minimum atomic E-state index is -2.02. The summed E-state index contributed by atoms with van der Waals surface area (Å²) in [6.45, 7) is 4.92. The fourth-order valence-electron chi connectivity index (χ4n) is 3.84. The van der Waals surface area contributed by atoms with E-state index in [1.54, 1.807) is 0 Å². The first-order chi connectivity index (χ1) is 17.4. The fraction of sp³-hybridized carbons (Fsp3) is 0.750. The third kappa shape index (κ3) is 18.9. The molecule has 0 aromatic heterocycles. The van der Waals surface area contributed by atoms with E-state index < -0.39 is 20.7 Å². The molecule has 0 bridgehead atoms. The Hall–Kier alpha value is -1.24. The number of quaternary nitrogens is 1. The van der Waals surface area contributed by atoms with E-state index in [0.29, 0.717) is 6.61 Å². The predicted molar refractivity (Wildman–Crippen MR) is 146 cm³/mol. The van der Waals surface area contributed by atoms with Crippen molar-refractivity contribution >= 4 is 14.6 Å². The van der Waals surface area contributed by atoms with Gasteiger partial charge in [-0.3, -0.25) is 4.79 Å². The van der Waals surface area contributed by atoms with Crippen molar-refractivity contribution < 1.29 is 33.1 Å². The average molecular weight is 529 g/mol. The standard InChI is InChI=1S/C28H50NO6P/c1-5-6-7-8-9-10-11-12-13-14-15-17-26-18-16-19-27(22-26)32-23-28(35-25(2)30)24-34-36(31)33-21-20-29(3)4/h16,18-19,22,28,31H,5-15,17,20-21,23-24H2,1-4H3/p+1. The zero-order valence-electron chi connectivity index (χ0n) is 23.1. The first-order valence-electron chi connectivity index (χ1n) is 13.8. The number of hydrogen-bond donors (Lipinski definition) is 2. The van der Waals surface area contributed by atoms with Gasteiger partial charge in [-0.25, -0.2) is 0 Å². The van der Waals surface area contributed by atoms with Crippen LogP contribution in [0.25, 0.3) is 0 Å². The van der Waals surface area contributed by atoms with Crippen molar-refractivity contribution in [3.8, 4) is 5.75 Å². The number of rotatable bonds is 23. The lowest BCUT2D eigenvalue weighted by molar-refractivity contribution is -0.858. The first kappa shape index (κ1) is 32.8. The molecule has 0 amide bonds. The molecule has 2 atom stereocenters. The molecule has 2 N–H and O–H groups in total. The molecule has 7 nitrogen and oxygen atoms in total. The highest BCUT2D eigenvalue weighted by atomic mass is 31.2. The highest BCUT2D eigenvalue weighted by Crippen LogP contribution is 2.32. The van der Waals surface area contributed by atoms with Gasteiger partial charge in [0.05, 0.1) is 20.7 Å². The number of carbonyl (C=O) groups is 1. The topological polar surface area (TPSA) is 78.7 Å². The number of aryl methyl sites for hydroxylation is 1. The number of ether oxygens (including phenoxy) is 2. The largest absolute Gasteiger partial charge is 0.490 e. The summed E-state index contributed by atoms with van der Waals surface area (Å²) in [7, 11) is 1.99. The second kappa shape index (κ2) is 21.8. The van der Waals surface area contributed by atoms with E-state index in [9.17, 15) is 9.69 Å². The molecule has 0 saturated heterocycles. The van der Waals surface area contributed by atoms with Gasteiger partial charge < -0.3 is 28.3 Å². The monoisotopic (exact) mass is 528 g/mol. The molecule has 8 heteroatoms. The zero-order chi connectivity index (χ0) is 26.4. The van der Waals surface area contributed by atoms with Crippen LogP contribution in [-0.4, -0.2) is 57.4 Å². The van der Waals surface area contributed by atoms with Crippen LogP contribution in [0.4, 0.5) is 0 Å². The van der Waals surface area contributed by atoms with Gasteiger partial charge in [0.25, 0.3) is 0 Å². The Morgan fingerprint density at radius 1 is 0.944 bits per heavy atom. The van der Waals surface area contributed by atoms with Crippen molar-refractivity contribution in [2.24, 2.45) is 0 Å². The predicted octanol–water partition coefficient (Wildman–Crippen LogP) is 5.25. The molecular formula is C28H51NO6P+. The van der Waals surface area contributed by atoms with Gasteiger partial charge in [0.1, 0.15) is 25.5 Å². The minimum absolute atomic E-state index is 0.00896. The third-order valence-corrected chi connectivity index (χ3v) is 6.68. The minimum Gasteiger partial charge on any atom is -0.490 e. The SMILES string of the molecule is CCCCCCCCCCCCCc1cccc(OCC(COP(O)OCC[NH+](C)C)OC(C)=O)c1. The summed E-state index contributed by atoms with van der Waals surface area (Å²) < 4.78 is 21.8. The molecule has 0 fully saturated rings. The van der Waals surface area contributed by atoms with Crippen molar-refractivity contribution in [2.45, 2.75) is 97.0 Å². The van der Waals surface area contributed by atoms with E-state index in [2.05, 4.69) is 13.0 Å². The first-order valence-corrected chi connectivity index (χ1v) is 15.0. The van der Waals surface area contributed by atoms with Crippen LogP contribution in [0.1, 0.15) is 90.0 Å². The van der Waals surface area contributed by atoms with Gasteiger partial charge in [0.15, 0.2) is 6.10 Å². The van der Waals surface area contributed by atoms with Crippen molar-refractivity contribution in [2.75, 3.05) is 40.5 Å². The summed E-state index contributed by atoms with van der Waals surface area (Å²) in [4.78, 5) is 22.6. The number of nitrogens with one attached hydrogen (secondary N) is 1. The molecule has 1 rings (SSSR count). The Bertz CT molecular complexity index is 675. The summed E-state index contributed by atoms with van der Waals surface area (Å²) >= 11 is 0. The molecule has 36 heavy (non-hydrogen) atoms. The van der Waals surface area contributed by atoms with Crippen molar-refractivity contribution in [1.82, 2.24) is 0 Å². The van der Waals surface area contributed by atoms with Gasteiger partial charge >= 0.3 is 14.6 Å². The number of benzene rings is 1. The quantitative estimate of drug-likeness (QED) is 0.115. The molecule has 0 aliphatic carbocycles. The van der Waals surface area contributed by atoms with Crippen LogP contribution in [0.15, 0.2) is 24.3 Å². The number of esters is 1. The Balaban J connectivity index is 2.28. The lowest BCUT2D eigenvalue weighted by Crippen LogP contribution is -3.06. The van der Waals surface area contributed by atoms with Crippen molar-refractivity contribution in [3.05, 3.63) is 29.8 Å². The van der Waals surface area contributed by atoms with E-state index in [4.69, 9.17) is 18.5 Å². The van der Waals surface area contributed by atoms with Crippen LogP contribution < -0.4 is 9.64 Å². The van der Waals surface area contributed by atoms with E-state index in [0.717, 1.165) is 18.7 Å². The van der Waals surface area contributed by atoms with Crippen LogP contribution in [0.5, 0.6) is 5.75 Å². The van der Waals surface area contributed by atoms with E-state index in [-0.39, 0.29) is 13.2 Å². The normalized spacial score (nSPS) is 13.1. The number of hydrogen-bond acceptors (Lipinski definition) is 6. The van der Waals surface area contributed by atoms with E-state index in [1.165, 1.54) is 88.0 Å². The van der Waals surface area contributed by atoms with Gasteiger partial charge in [0.2, 0.25) is 0 Å². The maximum atomic E-state index is 11.5. The Morgan fingerprint density at radius 2 is 1.58 bits per heavy atom. The second-order valence-electron chi connectivity index (χ2n) is 9.80. The molecule has 0 aliphatic heterocycles. The maximum Gasteiger partial charge on any atom is 0.330 e. The van der Waals surface area contributed by atoms with Crippen LogP contribution in [0.3, 0.4) is 0 Å². The lowest BCUT2D eigenvalue weighted by Gasteiger charge is -2.19. The smallest absolute Gasteiger partial charge is 0.330 e. The number of unbranched alkanes of at least 4 members (excludes halogenated alkanes) is 10. The fourth-order valence-corrected chi connectivity index (χ4v) is 4.45. The van der Waals surface area contributed by atoms with E-state index in [1.807, 2.05) is 32.3 Å². The highest BCUT2D eigenvalue weighted by molar-refractivity contribution is 7.40. The molecule has 0 aliphatic rings. The van der Waals surface area contributed by atoms with Crippen molar-refractivity contribution in [3.63, 3.8) is 0 Å². The zero-order valence-corrected chi connectivity index (χ0v) is 24.0. The summed E-state index contributed by atoms with van der Waals surface area (Å²) in [5.74, 6) is 0.320. The Labute approximate surface area is 220 Å². The highest BCUT2D eigenvalue weighted by Gasteiger charge is 2.18. The van der Waals surface area contributed by atoms with Gasteiger partial charge in [-0.2, -0.15) is 0 Å².